The molecule has 2 aromatic rings. The number of hydrogen-bond acceptors (Lipinski definition) is 4. The van der Waals surface area contributed by atoms with Gasteiger partial charge in [0, 0.05) is 29.8 Å². The third kappa shape index (κ3) is 3.96. The SMILES string of the molecule is NC(=O)C1CCCN(Cc2cc(F)cc3c2OC(c2ccccc2)OC3)C1. The van der Waals surface area contributed by atoms with E-state index in [4.69, 9.17) is 15.2 Å². The molecule has 0 spiro atoms. The zero-order valence-corrected chi connectivity index (χ0v) is 15.1. The zero-order chi connectivity index (χ0) is 18.8. The van der Waals surface area contributed by atoms with Crippen molar-refractivity contribution in [3.63, 3.8) is 0 Å². The maximum absolute atomic E-state index is 14.1. The van der Waals surface area contributed by atoms with Crippen molar-refractivity contribution in [3.8, 4) is 5.75 Å². The van der Waals surface area contributed by atoms with Crippen molar-refractivity contribution in [2.45, 2.75) is 32.3 Å². The van der Waals surface area contributed by atoms with Crippen LogP contribution in [0.3, 0.4) is 0 Å². The van der Waals surface area contributed by atoms with E-state index >= 15 is 0 Å². The largest absolute Gasteiger partial charge is 0.460 e. The Labute approximate surface area is 157 Å². The van der Waals surface area contributed by atoms with E-state index < -0.39 is 6.29 Å². The predicted octanol–water partition coefficient (Wildman–Crippen LogP) is 3.13. The molecule has 1 fully saturated rings. The molecule has 0 bridgehead atoms. The molecule has 1 saturated heterocycles. The van der Waals surface area contributed by atoms with Crippen LogP contribution >= 0.6 is 0 Å². The minimum Gasteiger partial charge on any atom is -0.460 e. The van der Waals surface area contributed by atoms with E-state index in [0.29, 0.717) is 31.0 Å². The molecule has 2 atom stereocenters. The first-order valence-corrected chi connectivity index (χ1v) is 9.26. The lowest BCUT2D eigenvalue weighted by Gasteiger charge is -2.33. The Morgan fingerprint density at radius 2 is 2.07 bits per heavy atom. The molecule has 1 amide bonds. The minimum absolute atomic E-state index is 0.149. The molecule has 2 heterocycles. The highest BCUT2D eigenvalue weighted by atomic mass is 19.1. The van der Waals surface area contributed by atoms with E-state index in [0.717, 1.165) is 30.5 Å². The summed E-state index contributed by atoms with van der Waals surface area (Å²) in [5.41, 5.74) is 7.88. The smallest absolute Gasteiger partial charge is 0.227 e. The van der Waals surface area contributed by atoms with E-state index in [9.17, 15) is 9.18 Å². The van der Waals surface area contributed by atoms with Crippen LogP contribution in [0.4, 0.5) is 4.39 Å². The molecule has 5 nitrogen and oxygen atoms in total. The Morgan fingerprint density at radius 1 is 1.26 bits per heavy atom. The van der Waals surface area contributed by atoms with Crippen molar-refractivity contribution in [2.24, 2.45) is 11.7 Å². The summed E-state index contributed by atoms with van der Waals surface area (Å²) >= 11 is 0. The molecule has 2 aromatic carbocycles. The number of benzene rings is 2. The van der Waals surface area contributed by atoms with Crippen LogP contribution < -0.4 is 10.5 Å². The number of amides is 1. The fourth-order valence-electron chi connectivity index (χ4n) is 3.84. The monoisotopic (exact) mass is 370 g/mol. The van der Waals surface area contributed by atoms with Gasteiger partial charge in [-0.3, -0.25) is 9.69 Å². The molecule has 6 heteroatoms. The first-order valence-electron chi connectivity index (χ1n) is 9.26. The normalized spacial score (nSPS) is 22.7. The third-order valence-electron chi connectivity index (χ3n) is 5.20. The summed E-state index contributed by atoms with van der Waals surface area (Å²) in [5, 5.41) is 0. The number of rotatable bonds is 4. The number of halogens is 1. The van der Waals surface area contributed by atoms with Crippen molar-refractivity contribution in [1.29, 1.82) is 0 Å². The quantitative estimate of drug-likeness (QED) is 0.898. The van der Waals surface area contributed by atoms with Gasteiger partial charge in [-0.05, 0) is 31.5 Å². The van der Waals surface area contributed by atoms with Gasteiger partial charge in [-0.25, -0.2) is 4.39 Å². The number of ether oxygens (including phenoxy) is 2. The van der Waals surface area contributed by atoms with Gasteiger partial charge in [-0.2, -0.15) is 0 Å². The molecule has 142 valence electrons. The highest BCUT2D eigenvalue weighted by Gasteiger charge is 2.28. The van der Waals surface area contributed by atoms with Gasteiger partial charge in [-0.1, -0.05) is 30.3 Å². The Hall–Kier alpha value is -2.44. The van der Waals surface area contributed by atoms with Gasteiger partial charge in [0.25, 0.3) is 0 Å². The fourth-order valence-corrected chi connectivity index (χ4v) is 3.84. The number of nitrogens with two attached hydrogens (primary N) is 1. The Balaban J connectivity index is 1.57. The molecule has 2 aliphatic rings. The van der Waals surface area contributed by atoms with Crippen LogP contribution in [0.1, 0.15) is 35.8 Å². The van der Waals surface area contributed by atoms with Crippen LogP contribution in [-0.2, 0) is 22.7 Å². The van der Waals surface area contributed by atoms with Crippen LogP contribution in [0.5, 0.6) is 5.75 Å². The Bertz CT molecular complexity index is 828. The molecule has 0 saturated carbocycles. The highest BCUT2D eigenvalue weighted by molar-refractivity contribution is 5.76. The Kier molecular flexibility index (Phi) is 5.09. The molecule has 0 aliphatic carbocycles. The minimum atomic E-state index is -0.511. The molecule has 27 heavy (non-hydrogen) atoms. The fraction of sp³-hybridized carbons (Fsp3) is 0.381. The van der Waals surface area contributed by atoms with Gasteiger partial charge in [0.15, 0.2) is 0 Å². The van der Waals surface area contributed by atoms with E-state index in [1.807, 2.05) is 30.3 Å². The summed E-state index contributed by atoms with van der Waals surface area (Å²) in [5.74, 6) is -0.0468. The van der Waals surface area contributed by atoms with Crippen molar-refractivity contribution >= 4 is 5.91 Å². The molecule has 0 aromatic heterocycles. The summed E-state index contributed by atoms with van der Waals surface area (Å²) in [4.78, 5) is 13.7. The lowest BCUT2D eigenvalue weighted by molar-refractivity contribution is -0.123. The van der Waals surface area contributed by atoms with Crippen LogP contribution in [0, 0.1) is 11.7 Å². The number of fused-ring (bicyclic) bond motifs is 1. The molecular weight excluding hydrogens is 347 g/mol. The van der Waals surface area contributed by atoms with E-state index in [1.165, 1.54) is 12.1 Å². The van der Waals surface area contributed by atoms with Crippen LogP contribution in [0.25, 0.3) is 0 Å². The third-order valence-corrected chi connectivity index (χ3v) is 5.20. The zero-order valence-electron chi connectivity index (χ0n) is 15.1. The van der Waals surface area contributed by atoms with Gasteiger partial charge < -0.3 is 15.2 Å². The summed E-state index contributed by atoms with van der Waals surface area (Å²) in [6.45, 7) is 2.27. The second kappa shape index (κ2) is 7.66. The Morgan fingerprint density at radius 3 is 2.85 bits per heavy atom. The van der Waals surface area contributed by atoms with Crippen LogP contribution in [0.2, 0.25) is 0 Å². The first kappa shape index (κ1) is 17.9. The van der Waals surface area contributed by atoms with Gasteiger partial charge in [0.1, 0.15) is 11.6 Å². The molecule has 2 N–H and O–H groups in total. The summed E-state index contributed by atoms with van der Waals surface area (Å²) in [6.07, 6.45) is 1.21. The second-order valence-corrected chi connectivity index (χ2v) is 7.20. The van der Waals surface area contributed by atoms with Crippen molar-refractivity contribution in [1.82, 2.24) is 4.90 Å². The van der Waals surface area contributed by atoms with E-state index in [-0.39, 0.29) is 17.6 Å². The van der Waals surface area contributed by atoms with Gasteiger partial charge >= 0.3 is 0 Å². The molecule has 2 aliphatic heterocycles. The number of likely N-dealkylation sites (tertiary alicyclic amines) is 1. The first-order chi connectivity index (χ1) is 13.1. The number of nitrogens with zero attached hydrogens (tertiary/aromatic N) is 1. The van der Waals surface area contributed by atoms with Gasteiger partial charge in [0.2, 0.25) is 12.2 Å². The number of primary amides is 1. The van der Waals surface area contributed by atoms with Crippen molar-refractivity contribution in [3.05, 3.63) is 65.0 Å². The average Bonchev–Trinajstić information content (AvgIpc) is 2.68. The van der Waals surface area contributed by atoms with E-state index in [1.54, 1.807) is 0 Å². The predicted molar refractivity (Wildman–Crippen MR) is 98.2 cm³/mol. The maximum Gasteiger partial charge on any atom is 0.227 e. The lowest BCUT2D eigenvalue weighted by Crippen LogP contribution is -2.40. The average molecular weight is 370 g/mol. The number of hydrogen-bond donors (Lipinski definition) is 1. The second-order valence-electron chi connectivity index (χ2n) is 7.20. The van der Waals surface area contributed by atoms with Crippen molar-refractivity contribution < 1.29 is 18.7 Å². The van der Waals surface area contributed by atoms with E-state index in [2.05, 4.69) is 4.90 Å². The van der Waals surface area contributed by atoms with Crippen LogP contribution in [-0.4, -0.2) is 23.9 Å². The highest BCUT2D eigenvalue weighted by Crippen LogP contribution is 2.37. The molecule has 0 radical (unpaired) electrons. The van der Waals surface area contributed by atoms with Crippen molar-refractivity contribution in [2.75, 3.05) is 13.1 Å². The summed E-state index contributed by atoms with van der Waals surface area (Å²) < 4.78 is 26.0. The molecular formula is C21H23FN2O3. The summed E-state index contributed by atoms with van der Waals surface area (Å²) in [6, 6.07) is 12.7. The number of carbonyl (C=O) groups excluding carboxylic acids is 1. The van der Waals surface area contributed by atoms with Crippen LogP contribution in [0.15, 0.2) is 42.5 Å². The summed E-state index contributed by atoms with van der Waals surface area (Å²) in [7, 11) is 0. The number of carbonyl (C=O) groups is 1. The number of piperidine rings is 1. The standard InChI is InChI=1S/C21H23FN2O3/c22-18-9-16(12-24-8-4-7-15(11-24)20(23)25)19-17(10-18)13-26-21(27-19)14-5-2-1-3-6-14/h1-3,5-6,9-10,15,21H,4,7-8,11-13H2,(H2,23,25). The van der Waals surface area contributed by atoms with Gasteiger partial charge in [-0.15, -0.1) is 0 Å². The lowest BCUT2D eigenvalue weighted by atomic mass is 9.96. The maximum atomic E-state index is 14.1. The van der Waals surface area contributed by atoms with Gasteiger partial charge in [0.05, 0.1) is 12.5 Å². The molecule has 4 rings (SSSR count). The topological polar surface area (TPSA) is 64.8 Å². The molecule has 2 unspecified atom stereocenters.